The SMILES string of the molecule is CC(C)OCC(=O)NCN1CCC(C(=O)C(C)C)CC1. The van der Waals surface area contributed by atoms with Crippen molar-refractivity contribution < 1.29 is 14.3 Å². The van der Waals surface area contributed by atoms with Crippen molar-refractivity contribution in [2.45, 2.75) is 46.6 Å². The van der Waals surface area contributed by atoms with Crippen LogP contribution in [0.3, 0.4) is 0 Å². The first kappa shape index (κ1) is 17.1. The first-order chi connectivity index (χ1) is 9.40. The minimum absolute atomic E-state index is 0.0681. The summed E-state index contributed by atoms with van der Waals surface area (Å²) < 4.78 is 5.24. The zero-order chi connectivity index (χ0) is 15.1. The molecule has 1 saturated heterocycles. The highest BCUT2D eigenvalue weighted by molar-refractivity contribution is 5.82. The number of ketones is 1. The lowest BCUT2D eigenvalue weighted by atomic mass is 9.87. The monoisotopic (exact) mass is 284 g/mol. The van der Waals surface area contributed by atoms with E-state index >= 15 is 0 Å². The molecule has 1 heterocycles. The Hall–Kier alpha value is -0.940. The molecular weight excluding hydrogens is 256 g/mol. The Bertz CT molecular complexity index is 321. The van der Waals surface area contributed by atoms with Crippen LogP contribution in [0.25, 0.3) is 0 Å². The smallest absolute Gasteiger partial charge is 0.247 e. The van der Waals surface area contributed by atoms with Crippen molar-refractivity contribution >= 4 is 11.7 Å². The minimum atomic E-state index is -0.0842. The van der Waals surface area contributed by atoms with Crippen LogP contribution in [-0.2, 0) is 14.3 Å². The second-order valence-corrected chi connectivity index (χ2v) is 6.07. The van der Waals surface area contributed by atoms with E-state index in [9.17, 15) is 9.59 Å². The van der Waals surface area contributed by atoms with Crippen molar-refractivity contribution in [3.05, 3.63) is 0 Å². The summed E-state index contributed by atoms with van der Waals surface area (Å²) in [4.78, 5) is 25.6. The van der Waals surface area contributed by atoms with Gasteiger partial charge in [-0.2, -0.15) is 0 Å². The van der Waals surface area contributed by atoms with Crippen LogP contribution in [0.4, 0.5) is 0 Å². The van der Waals surface area contributed by atoms with Crippen LogP contribution in [0, 0.1) is 11.8 Å². The molecule has 0 atom stereocenters. The topological polar surface area (TPSA) is 58.6 Å². The maximum absolute atomic E-state index is 11.9. The van der Waals surface area contributed by atoms with Crippen LogP contribution in [0.2, 0.25) is 0 Å². The molecule has 1 rings (SSSR count). The van der Waals surface area contributed by atoms with Gasteiger partial charge in [-0.25, -0.2) is 0 Å². The number of carbonyl (C=O) groups excluding carboxylic acids is 2. The molecule has 0 aliphatic carbocycles. The third kappa shape index (κ3) is 6.01. The van der Waals surface area contributed by atoms with Crippen molar-refractivity contribution in [1.29, 1.82) is 0 Å². The molecule has 1 N–H and O–H groups in total. The molecule has 116 valence electrons. The van der Waals surface area contributed by atoms with Gasteiger partial charge in [0.15, 0.2) is 0 Å². The van der Waals surface area contributed by atoms with E-state index < -0.39 is 0 Å². The fourth-order valence-electron chi connectivity index (χ4n) is 2.34. The zero-order valence-electron chi connectivity index (χ0n) is 13.1. The van der Waals surface area contributed by atoms with E-state index in [-0.39, 0.29) is 30.5 Å². The van der Waals surface area contributed by atoms with E-state index in [0.717, 1.165) is 25.9 Å². The van der Waals surface area contributed by atoms with Crippen LogP contribution in [0.5, 0.6) is 0 Å². The summed E-state index contributed by atoms with van der Waals surface area (Å²) in [5.41, 5.74) is 0. The highest BCUT2D eigenvalue weighted by Gasteiger charge is 2.26. The quantitative estimate of drug-likeness (QED) is 0.768. The molecule has 0 bridgehead atoms. The lowest BCUT2D eigenvalue weighted by Crippen LogP contribution is -2.44. The number of piperidine rings is 1. The summed E-state index contributed by atoms with van der Waals surface area (Å²) in [6, 6.07) is 0. The van der Waals surface area contributed by atoms with Crippen LogP contribution in [0.15, 0.2) is 0 Å². The Morgan fingerprint density at radius 1 is 1.20 bits per heavy atom. The molecule has 1 amide bonds. The van der Waals surface area contributed by atoms with E-state index in [4.69, 9.17) is 4.74 Å². The Morgan fingerprint density at radius 2 is 1.80 bits per heavy atom. The van der Waals surface area contributed by atoms with Crippen LogP contribution < -0.4 is 5.32 Å². The molecule has 5 heteroatoms. The molecule has 0 aromatic heterocycles. The van der Waals surface area contributed by atoms with Gasteiger partial charge in [0.1, 0.15) is 12.4 Å². The molecule has 0 spiro atoms. The van der Waals surface area contributed by atoms with Gasteiger partial charge in [-0.15, -0.1) is 0 Å². The Balaban J connectivity index is 2.19. The molecule has 1 fully saturated rings. The van der Waals surface area contributed by atoms with Gasteiger partial charge in [0.2, 0.25) is 5.91 Å². The summed E-state index contributed by atoms with van der Waals surface area (Å²) in [5.74, 6) is 0.615. The second-order valence-electron chi connectivity index (χ2n) is 6.07. The van der Waals surface area contributed by atoms with Gasteiger partial charge < -0.3 is 10.1 Å². The molecule has 0 saturated carbocycles. The van der Waals surface area contributed by atoms with E-state index in [1.54, 1.807) is 0 Å². The summed E-state index contributed by atoms with van der Waals surface area (Å²) in [6.07, 6.45) is 1.86. The Morgan fingerprint density at radius 3 is 2.30 bits per heavy atom. The van der Waals surface area contributed by atoms with E-state index in [0.29, 0.717) is 12.5 Å². The van der Waals surface area contributed by atoms with Crippen LogP contribution in [0.1, 0.15) is 40.5 Å². The number of hydrogen-bond donors (Lipinski definition) is 1. The zero-order valence-corrected chi connectivity index (χ0v) is 13.1. The number of rotatable bonds is 7. The maximum Gasteiger partial charge on any atom is 0.247 e. The highest BCUT2D eigenvalue weighted by atomic mass is 16.5. The molecule has 0 unspecified atom stereocenters. The number of amides is 1. The lowest BCUT2D eigenvalue weighted by Gasteiger charge is -2.31. The average Bonchev–Trinajstić information content (AvgIpc) is 2.42. The van der Waals surface area contributed by atoms with E-state index in [1.807, 2.05) is 27.7 Å². The molecule has 20 heavy (non-hydrogen) atoms. The van der Waals surface area contributed by atoms with Crippen LogP contribution in [-0.4, -0.2) is 49.1 Å². The second kappa shape index (κ2) is 8.37. The molecular formula is C15H28N2O3. The standard InChI is InChI=1S/C15H28N2O3/c1-11(2)15(19)13-5-7-17(8-6-13)10-16-14(18)9-20-12(3)4/h11-13H,5-10H2,1-4H3,(H,16,18). The predicted octanol–water partition coefficient (Wildman–Crippen LogP) is 1.42. The molecule has 0 aromatic carbocycles. The molecule has 1 aliphatic rings. The maximum atomic E-state index is 11.9. The Kier molecular flexibility index (Phi) is 7.16. The minimum Gasteiger partial charge on any atom is -0.369 e. The van der Waals surface area contributed by atoms with Gasteiger partial charge in [-0.1, -0.05) is 13.8 Å². The number of nitrogens with zero attached hydrogens (tertiary/aromatic N) is 1. The average molecular weight is 284 g/mol. The number of nitrogens with one attached hydrogen (secondary N) is 1. The fraction of sp³-hybridized carbons (Fsp3) is 0.867. The first-order valence-electron chi connectivity index (χ1n) is 7.54. The van der Waals surface area contributed by atoms with Crippen molar-refractivity contribution in [2.75, 3.05) is 26.4 Å². The van der Waals surface area contributed by atoms with Gasteiger partial charge in [0.25, 0.3) is 0 Å². The third-order valence-corrected chi connectivity index (χ3v) is 3.61. The molecule has 0 aromatic rings. The van der Waals surface area contributed by atoms with Crippen molar-refractivity contribution in [3.63, 3.8) is 0 Å². The van der Waals surface area contributed by atoms with Crippen molar-refractivity contribution in [2.24, 2.45) is 11.8 Å². The fourth-order valence-corrected chi connectivity index (χ4v) is 2.34. The van der Waals surface area contributed by atoms with Gasteiger partial charge in [-0.05, 0) is 26.7 Å². The summed E-state index contributed by atoms with van der Waals surface area (Å²) in [6.45, 7) is 10.1. The highest BCUT2D eigenvalue weighted by Crippen LogP contribution is 2.20. The van der Waals surface area contributed by atoms with Gasteiger partial charge in [0, 0.05) is 24.9 Å². The van der Waals surface area contributed by atoms with Gasteiger partial charge in [-0.3, -0.25) is 14.5 Å². The van der Waals surface area contributed by atoms with Gasteiger partial charge >= 0.3 is 0 Å². The molecule has 1 aliphatic heterocycles. The van der Waals surface area contributed by atoms with E-state index in [1.165, 1.54) is 0 Å². The lowest BCUT2D eigenvalue weighted by molar-refractivity contribution is -0.129. The third-order valence-electron chi connectivity index (χ3n) is 3.61. The number of Topliss-reactive ketones (excluding diaryl/α,β-unsaturated/α-hetero) is 1. The van der Waals surface area contributed by atoms with Crippen LogP contribution >= 0.6 is 0 Å². The number of carbonyl (C=O) groups is 2. The largest absolute Gasteiger partial charge is 0.369 e. The summed E-state index contributed by atoms with van der Waals surface area (Å²) in [5, 5.41) is 2.85. The van der Waals surface area contributed by atoms with Gasteiger partial charge in [0.05, 0.1) is 12.8 Å². The predicted molar refractivity (Wildman–Crippen MR) is 78.2 cm³/mol. The molecule has 5 nitrogen and oxygen atoms in total. The normalized spacial score (nSPS) is 17.7. The Labute approximate surface area is 122 Å². The molecule has 0 radical (unpaired) electrons. The summed E-state index contributed by atoms with van der Waals surface area (Å²) >= 11 is 0. The van der Waals surface area contributed by atoms with Crippen molar-refractivity contribution in [1.82, 2.24) is 10.2 Å². The number of ether oxygens (including phenoxy) is 1. The first-order valence-corrected chi connectivity index (χ1v) is 7.54. The van der Waals surface area contributed by atoms with Crippen molar-refractivity contribution in [3.8, 4) is 0 Å². The summed E-state index contributed by atoms with van der Waals surface area (Å²) in [7, 11) is 0. The number of hydrogen-bond acceptors (Lipinski definition) is 4. The van der Waals surface area contributed by atoms with E-state index in [2.05, 4.69) is 10.2 Å². The number of likely N-dealkylation sites (tertiary alicyclic amines) is 1.